The van der Waals surface area contributed by atoms with Gasteiger partial charge in [0.05, 0.1) is 33.6 Å². The van der Waals surface area contributed by atoms with Gasteiger partial charge in [-0.2, -0.15) is 0 Å². The summed E-state index contributed by atoms with van der Waals surface area (Å²) in [6, 6.07) is 19.9. The molecule has 1 saturated carbocycles. The molecule has 2 aromatic carbocycles. The summed E-state index contributed by atoms with van der Waals surface area (Å²) in [6.45, 7) is 7.68. The summed E-state index contributed by atoms with van der Waals surface area (Å²) >= 11 is 3.61. The summed E-state index contributed by atoms with van der Waals surface area (Å²) < 4.78 is 13.4. The van der Waals surface area contributed by atoms with Crippen molar-refractivity contribution in [3.8, 4) is 22.5 Å². The highest BCUT2D eigenvalue weighted by atomic mass is 79.9. The number of halogens is 1. The molecule has 8 heteroatoms. The molecule has 2 heterocycles. The van der Waals surface area contributed by atoms with Crippen LogP contribution in [0.25, 0.3) is 28.2 Å². The number of ether oxygens (including phenoxy) is 2. The molecular formula is C31H32BrN3O4. The van der Waals surface area contributed by atoms with Crippen molar-refractivity contribution in [3.05, 3.63) is 82.5 Å². The average molecular weight is 591 g/mol. The number of benzene rings is 2. The first-order valence-corrected chi connectivity index (χ1v) is 14.0. The second-order valence-electron chi connectivity index (χ2n) is 10.8. The van der Waals surface area contributed by atoms with Gasteiger partial charge in [-0.25, -0.2) is 14.6 Å². The zero-order chi connectivity index (χ0) is 27.8. The van der Waals surface area contributed by atoms with Gasteiger partial charge in [-0.3, -0.25) is 4.40 Å². The van der Waals surface area contributed by atoms with E-state index >= 15 is 0 Å². The Balaban J connectivity index is 1.57. The molecule has 0 radical (unpaired) electrons. The minimum Gasteiger partial charge on any atom is -0.462 e. The largest absolute Gasteiger partial charge is 0.462 e. The first-order valence-electron chi connectivity index (χ1n) is 13.2. The van der Waals surface area contributed by atoms with Crippen molar-refractivity contribution in [1.29, 1.82) is 0 Å². The number of imidazole rings is 1. The Kier molecular flexibility index (Phi) is 7.25. The molecule has 1 fully saturated rings. The molecule has 0 saturated heterocycles. The van der Waals surface area contributed by atoms with Crippen LogP contribution in [0.3, 0.4) is 0 Å². The number of hydrogen-bond acceptors (Lipinski definition) is 5. The average Bonchev–Trinajstić information content (AvgIpc) is 3.26. The lowest BCUT2D eigenvalue weighted by Crippen LogP contribution is -2.52. The summed E-state index contributed by atoms with van der Waals surface area (Å²) in [4.78, 5) is 30.2. The fourth-order valence-corrected chi connectivity index (χ4v) is 5.49. The molecule has 5 rings (SSSR count). The van der Waals surface area contributed by atoms with Gasteiger partial charge in [-0.05, 0) is 74.5 Å². The number of nitrogens with one attached hydrogen (secondary N) is 1. The van der Waals surface area contributed by atoms with Crippen molar-refractivity contribution >= 4 is 33.6 Å². The lowest BCUT2D eigenvalue weighted by atomic mass is 9.71. The number of rotatable bonds is 6. The number of nitrogens with zero attached hydrogens (tertiary/aromatic N) is 2. The van der Waals surface area contributed by atoms with Crippen molar-refractivity contribution < 1.29 is 19.1 Å². The Labute approximate surface area is 236 Å². The van der Waals surface area contributed by atoms with Crippen LogP contribution in [-0.4, -0.2) is 33.7 Å². The molecule has 202 valence electrons. The number of pyridine rings is 1. The molecule has 0 bridgehead atoms. The third-order valence-corrected chi connectivity index (χ3v) is 7.48. The van der Waals surface area contributed by atoms with Crippen LogP contribution in [-0.2, 0) is 15.0 Å². The standard InChI is InChI=1S/C31H32BrN3O4/c1-5-38-28(36)22-18-24(32)27-33-25(26(35(27)19-22)21-10-7-6-8-11-21)20-12-14-23(15-13-20)31(16-9-17-31)34-29(37)39-30(2,3)4/h6-8,10-15,18-19H,5,9,16-17H2,1-4H3,(H,34,37). The fourth-order valence-electron chi connectivity index (χ4n) is 4.97. The molecule has 2 aromatic heterocycles. The van der Waals surface area contributed by atoms with Gasteiger partial charge < -0.3 is 14.8 Å². The number of carbonyl (C=O) groups is 2. The normalized spacial score (nSPS) is 14.5. The monoisotopic (exact) mass is 589 g/mol. The van der Waals surface area contributed by atoms with Gasteiger partial charge in [0.2, 0.25) is 0 Å². The van der Waals surface area contributed by atoms with Crippen LogP contribution in [0, 0.1) is 0 Å². The van der Waals surface area contributed by atoms with Gasteiger partial charge in [0.15, 0.2) is 5.65 Å². The Morgan fingerprint density at radius 1 is 1.05 bits per heavy atom. The number of alkyl carbamates (subject to hydrolysis) is 1. The van der Waals surface area contributed by atoms with Crippen molar-refractivity contribution in [2.45, 2.75) is 58.1 Å². The van der Waals surface area contributed by atoms with E-state index in [1.54, 1.807) is 19.2 Å². The summed E-state index contributed by atoms with van der Waals surface area (Å²) in [5, 5.41) is 3.12. The second kappa shape index (κ2) is 10.5. The van der Waals surface area contributed by atoms with Crippen molar-refractivity contribution in [1.82, 2.24) is 14.7 Å². The smallest absolute Gasteiger partial charge is 0.408 e. The van der Waals surface area contributed by atoms with E-state index < -0.39 is 17.2 Å². The van der Waals surface area contributed by atoms with E-state index in [9.17, 15) is 9.59 Å². The van der Waals surface area contributed by atoms with E-state index in [4.69, 9.17) is 14.5 Å². The van der Waals surface area contributed by atoms with Crippen molar-refractivity contribution in [3.63, 3.8) is 0 Å². The molecule has 4 aromatic rings. The van der Waals surface area contributed by atoms with Crippen LogP contribution < -0.4 is 5.32 Å². The summed E-state index contributed by atoms with van der Waals surface area (Å²) in [5.74, 6) is -0.387. The van der Waals surface area contributed by atoms with Gasteiger partial charge >= 0.3 is 12.1 Å². The zero-order valence-electron chi connectivity index (χ0n) is 22.6. The maximum absolute atomic E-state index is 12.6. The summed E-state index contributed by atoms with van der Waals surface area (Å²) in [5.41, 5.74) is 4.75. The first kappa shape index (κ1) is 26.9. The molecule has 1 N–H and O–H groups in total. The van der Waals surface area contributed by atoms with Gasteiger partial charge in [-0.15, -0.1) is 0 Å². The van der Waals surface area contributed by atoms with Crippen molar-refractivity contribution in [2.24, 2.45) is 0 Å². The summed E-state index contributed by atoms with van der Waals surface area (Å²) in [7, 11) is 0. The first-order chi connectivity index (χ1) is 18.6. The fraction of sp³-hybridized carbons (Fsp3) is 0.323. The third-order valence-electron chi connectivity index (χ3n) is 6.89. The Morgan fingerprint density at radius 3 is 2.33 bits per heavy atom. The van der Waals surface area contributed by atoms with Crippen LogP contribution >= 0.6 is 15.9 Å². The highest BCUT2D eigenvalue weighted by Gasteiger charge is 2.41. The van der Waals surface area contributed by atoms with E-state index in [0.717, 1.165) is 47.3 Å². The Hall–Kier alpha value is -3.65. The van der Waals surface area contributed by atoms with E-state index in [-0.39, 0.29) is 5.97 Å². The molecular weight excluding hydrogens is 558 g/mol. The topological polar surface area (TPSA) is 81.9 Å². The van der Waals surface area contributed by atoms with E-state index in [0.29, 0.717) is 22.3 Å². The highest BCUT2D eigenvalue weighted by molar-refractivity contribution is 9.10. The molecule has 0 unspecified atom stereocenters. The molecule has 0 atom stereocenters. The predicted molar refractivity (Wildman–Crippen MR) is 155 cm³/mol. The van der Waals surface area contributed by atoms with Crippen LogP contribution in [0.4, 0.5) is 4.79 Å². The second-order valence-corrected chi connectivity index (χ2v) is 11.7. The molecule has 1 aliphatic carbocycles. The number of aromatic nitrogens is 2. The Morgan fingerprint density at radius 2 is 1.74 bits per heavy atom. The molecule has 1 amide bonds. The maximum Gasteiger partial charge on any atom is 0.408 e. The van der Waals surface area contributed by atoms with E-state index in [1.165, 1.54) is 0 Å². The molecule has 0 spiro atoms. The van der Waals surface area contributed by atoms with Gasteiger partial charge in [0, 0.05) is 17.3 Å². The van der Waals surface area contributed by atoms with Crippen LogP contribution in [0.15, 0.2) is 71.3 Å². The van der Waals surface area contributed by atoms with E-state index in [2.05, 4.69) is 33.4 Å². The van der Waals surface area contributed by atoms with Crippen LogP contribution in [0.2, 0.25) is 0 Å². The van der Waals surface area contributed by atoms with E-state index in [1.807, 2.05) is 67.6 Å². The van der Waals surface area contributed by atoms with Crippen molar-refractivity contribution in [2.75, 3.05) is 6.61 Å². The third kappa shape index (κ3) is 5.43. The highest BCUT2D eigenvalue weighted by Crippen LogP contribution is 2.43. The minimum absolute atomic E-state index is 0.297. The molecule has 0 aliphatic heterocycles. The zero-order valence-corrected chi connectivity index (χ0v) is 24.2. The minimum atomic E-state index is -0.558. The molecule has 39 heavy (non-hydrogen) atoms. The van der Waals surface area contributed by atoms with Gasteiger partial charge in [0.1, 0.15) is 5.60 Å². The number of fused-ring (bicyclic) bond motifs is 1. The number of hydrogen-bond donors (Lipinski definition) is 1. The van der Waals surface area contributed by atoms with Gasteiger partial charge in [0.25, 0.3) is 0 Å². The lowest BCUT2D eigenvalue weighted by Gasteiger charge is -2.43. The SMILES string of the molecule is CCOC(=O)c1cc(Br)c2nc(-c3ccc(C4(NC(=O)OC(C)(C)C)CCC4)cc3)c(-c3ccccc3)n2c1. The quantitative estimate of drug-likeness (QED) is 0.235. The lowest BCUT2D eigenvalue weighted by molar-refractivity contribution is 0.0376. The summed E-state index contributed by atoms with van der Waals surface area (Å²) in [6.07, 6.45) is 4.14. The maximum atomic E-state index is 12.6. The van der Waals surface area contributed by atoms with Crippen LogP contribution in [0.1, 0.15) is 62.9 Å². The predicted octanol–water partition coefficient (Wildman–Crippen LogP) is 7.51. The molecule has 7 nitrogen and oxygen atoms in total. The number of esters is 1. The number of carbonyl (C=O) groups excluding carboxylic acids is 2. The van der Waals surface area contributed by atoms with Crippen LogP contribution in [0.5, 0.6) is 0 Å². The molecule has 1 aliphatic rings. The Bertz CT molecular complexity index is 1520. The van der Waals surface area contributed by atoms with Gasteiger partial charge in [-0.1, -0.05) is 54.6 Å². The number of amides is 1.